The van der Waals surface area contributed by atoms with Crippen LogP contribution in [-0.4, -0.2) is 10.2 Å². The SMILES string of the molecule is N#CCc1sc2cc(O)ccc2c1O. The second kappa shape index (κ2) is 3.20. The van der Waals surface area contributed by atoms with Crippen LogP contribution in [0.15, 0.2) is 18.2 Å². The first-order valence-electron chi connectivity index (χ1n) is 4.02. The molecule has 0 saturated carbocycles. The molecule has 1 heterocycles. The molecule has 0 bridgehead atoms. The highest BCUT2D eigenvalue weighted by Gasteiger charge is 2.10. The lowest BCUT2D eigenvalue weighted by Crippen LogP contribution is -1.72. The van der Waals surface area contributed by atoms with E-state index in [1.165, 1.54) is 17.4 Å². The quantitative estimate of drug-likeness (QED) is 0.751. The standard InChI is InChI=1S/C10H7NO2S/c11-4-3-8-10(13)7-2-1-6(12)5-9(7)14-8/h1-2,5,12-13H,3H2. The minimum absolute atomic E-state index is 0.159. The lowest BCUT2D eigenvalue weighted by molar-refractivity contribution is 0.475. The predicted molar refractivity (Wildman–Crippen MR) is 54.5 cm³/mol. The van der Waals surface area contributed by atoms with E-state index in [1.807, 2.05) is 6.07 Å². The smallest absolute Gasteiger partial charge is 0.138 e. The lowest BCUT2D eigenvalue weighted by Gasteiger charge is -1.92. The summed E-state index contributed by atoms with van der Waals surface area (Å²) in [6.07, 6.45) is 0.200. The number of nitrogens with zero attached hydrogens (tertiary/aromatic N) is 1. The summed E-state index contributed by atoms with van der Waals surface area (Å²) >= 11 is 1.33. The van der Waals surface area contributed by atoms with Gasteiger partial charge < -0.3 is 10.2 Å². The molecule has 0 aliphatic heterocycles. The Morgan fingerprint density at radius 2 is 2.14 bits per heavy atom. The Kier molecular flexibility index (Phi) is 2.02. The van der Waals surface area contributed by atoms with E-state index < -0.39 is 0 Å². The molecule has 0 amide bonds. The topological polar surface area (TPSA) is 64.2 Å². The number of fused-ring (bicyclic) bond motifs is 1. The number of hydrogen-bond acceptors (Lipinski definition) is 4. The molecule has 0 aliphatic carbocycles. The Morgan fingerprint density at radius 1 is 1.36 bits per heavy atom. The number of phenols is 1. The summed E-state index contributed by atoms with van der Waals surface area (Å²) in [6.45, 7) is 0. The molecule has 2 aromatic rings. The van der Waals surface area contributed by atoms with Crippen LogP contribution in [0.3, 0.4) is 0 Å². The number of hydrogen-bond donors (Lipinski definition) is 2. The van der Waals surface area contributed by atoms with Gasteiger partial charge in [-0.15, -0.1) is 11.3 Å². The van der Waals surface area contributed by atoms with Gasteiger partial charge >= 0.3 is 0 Å². The van der Waals surface area contributed by atoms with Gasteiger partial charge in [-0.3, -0.25) is 0 Å². The molecule has 0 fully saturated rings. The fourth-order valence-electron chi connectivity index (χ4n) is 1.31. The van der Waals surface area contributed by atoms with E-state index in [2.05, 4.69) is 0 Å². The molecule has 1 aromatic carbocycles. The maximum absolute atomic E-state index is 9.69. The largest absolute Gasteiger partial charge is 0.508 e. The van der Waals surface area contributed by atoms with E-state index in [-0.39, 0.29) is 17.9 Å². The van der Waals surface area contributed by atoms with Gasteiger partial charge in [0.15, 0.2) is 0 Å². The van der Waals surface area contributed by atoms with Gasteiger partial charge in [0, 0.05) is 10.1 Å². The van der Waals surface area contributed by atoms with Gasteiger partial charge in [-0.2, -0.15) is 5.26 Å². The third kappa shape index (κ3) is 1.28. The van der Waals surface area contributed by atoms with Crippen LogP contribution < -0.4 is 0 Å². The zero-order valence-corrected chi connectivity index (χ0v) is 8.01. The Bertz CT molecular complexity index is 525. The Hall–Kier alpha value is -1.73. The van der Waals surface area contributed by atoms with E-state index in [4.69, 9.17) is 5.26 Å². The van der Waals surface area contributed by atoms with Crippen LogP contribution in [0.4, 0.5) is 0 Å². The molecule has 70 valence electrons. The van der Waals surface area contributed by atoms with Crippen molar-refractivity contribution in [3.8, 4) is 17.6 Å². The normalized spacial score (nSPS) is 10.2. The fraction of sp³-hybridized carbons (Fsp3) is 0.100. The highest BCUT2D eigenvalue weighted by molar-refractivity contribution is 7.19. The van der Waals surface area contributed by atoms with Gasteiger partial charge in [-0.25, -0.2) is 0 Å². The number of phenolic OH excluding ortho intramolecular Hbond substituents is 1. The summed E-state index contributed by atoms with van der Waals surface area (Å²) in [7, 11) is 0. The number of benzene rings is 1. The summed E-state index contributed by atoms with van der Waals surface area (Å²) < 4.78 is 0.799. The third-order valence-electron chi connectivity index (χ3n) is 1.96. The van der Waals surface area contributed by atoms with Crippen molar-refractivity contribution < 1.29 is 10.2 Å². The molecule has 4 heteroatoms. The molecule has 2 rings (SSSR count). The van der Waals surface area contributed by atoms with Crippen LogP contribution in [-0.2, 0) is 6.42 Å². The average Bonchev–Trinajstić information content (AvgIpc) is 2.44. The van der Waals surface area contributed by atoms with E-state index >= 15 is 0 Å². The van der Waals surface area contributed by atoms with Gasteiger partial charge in [0.05, 0.1) is 17.4 Å². The van der Waals surface area contributed by atoms with Crippen LogP contribution in [0.1, 0.15) is 4.88 Å². The van der Waals surface area contributed by atoms with Crippen molar-refractivity contribution in [2.45, 2.75) is 6.42 Å². The summed E-state index contributed by atoms with van der Waals surface area (Å²) in [6, 6.07) is 6.74. The van der Waals surface area contributed by atoms with Gasteiger partial charge in [0.1, 0.15) is 11.5 Å². The molecular formula is C10H7NO2S. The van der Waals surface area contributed by atoms with Crippen molar-refractivity contribution in [3.63, 3.8) is 0 Å². The monoisotopic (exact) mass is 205 g/mol. The van der Waals surface area contributed by atoms with Crippen LogP contribution in [0.5, 0.6) is 11.5 Å². The Labute approximate surface area is 84.5 Å². The zero-order chi connectivity index (χ0) is 10.1. The first-order valence-corrected chi connectivity index (χ1v) is 4.84. The third-order valence-corrected chi connectivity index (χ3v) is 3.10. The molecule has 0 spiro atoms. The second-order valence-electron chi connectivity index (χ2n) is 2.89. The number of aromatic hydroxyl groups is 2. The van der Waals surface area contributed by atoms with E-state index in [1.54, 1.807) is 12.1 Å². The first-order chi connectivity index (χ1) is 6.72. The van der Waals surface area contributed by atoms with Crippen LogP contribution in [0, 0.1) is 11.3 Å². The summed E-state index contributed by atoms with van der Waals surface area (Å²) in [4.78, 5) is 0.646. The minimum Gasteiger partial charge on any atom is -0.508 e. The molecule has 0 saturated heterocycles. The molecular weight excluding hydrogens is 198 g/mol. The molecule has 0 atom stereocenters. The molecule has 0 radical (unpaired) electrons. The van der Waals surface area contributed by atoms with E-state index in [9.17, 15) is 10.2 Å². The summed E-state index contributed by atoms with van der Waals surface area (Å²) in [5, 5.41) is 28.1. The zero-order valence-electron chi connectivity index (χ0n) is 7.19. The van der Waals surface area contributed by atoms with E-state index in [0.29, 0.717) is 10.3 Å². The van der Waals surface area contributed by atoms with Gasteiger partial charge in [-0.1, -0.05) is 0 Å². The van der Waals surface area contributed by atoms with Crippen molar-refractivity contribution in [1.29, 1.82) is 5.26 Å². The highest BCUT2D eigenvalue weighted by Crippen LogP contribution is 2.38. The van der Waals surface area contributed by atoms with Crippen LogP contribution >= 0.6 is 11.3 Å². The fourth-order valence-corrected chi connectivity index (χ4v) is 2.38. The predicted octanol–water partition coefficient (Wildman–Crippen LogP) is 2.38. The van der Waals surface area contributed by atoms with Crippen molar-refractivity contribution in [1.82, 2.24) is 0 Å². The molecule has 3 nitrogen and oxygen atoms in total. The number of rotatable bonds is 1. The van der Waals surface area contributed by atoms with Gasteiger partial charge in [-0.05, 0) is 18.2 Å². The Morgan fingerprint density at radius 3 is 2.86 bits per heavy atom. The summed E-state index contributed by atoms with van der Waals surface area (Å²) in [5.41, 5.74) is 0. The number of nitriles is 1. The summed E-state index contributed by atoms with van der Waals surface area (Å²) in [5.74, 6) is 0.328. The molecule has 14 heavy (non-hydrogen) atoms. The first kappa shape index (κ1) is 8.85. The van der Waals surface area contributed by atoms with Crippen LogP contribution in [0.2, 0.25) is 0 Å². The highest BCUT2D eigenvalue weighted by atomic mass is 32.1. The van der Waals surface area contributed by atoms with Crippen LogP contribution in [0.25, 0.3) is 10.1 Å². The van der Waals surface area contributed by atoms with Crippen molar-refractivity contribution >= 4 is 21.4 Å². The van der Waals surface area contributed by atoms with Crippen molar-refractivity contribution in [2.75, 3.05) is 0 Å². The molecule has 1 aromatic heterocycles. The second-order valence-corrected chi connectivity index (χ2v) is 4.03. The minimum atomic E-state index is 0.159. The van der Waals surface area contributed by atoms with Crippen molar-refractivity contribution in [3.05, 3.63) is 23.1 Å². The molecule has 0 unspecified atom stereocenters. The average molecular weight is 205 g/mol. The Balaban J connectivity index is 2.68. The molecule has 2 N–H and O–H groups in total. The van der Waals surface area contributed by atoms with Gasteiger partial charge in [0.2, 0.25) is 0 Å². The maximum atomic E-state index is 9.69. The number of thiophene rings is 1. The van der Waals surface area contributed by atoms with Gasteiger partial charge in [0.25, 0.3) is 0 Å². The van der Waals surface area contributed by atoms with E-state index in [0.717, 1.165) is 4.70 Å². The molecule has 0 aliphatic rings. The maximum Gasteiger partial charge on any atom is 0.138 e. The van der Waals surface area contributed by atoms with Crippen molar-refractivity contribution in [2.24, 2.45) is 0 Å². The lowest BCUT2D eigenvalue weighted by atomic mass is 10.2.